The predicted molar refractivity (Wildman–Crippen MR) is 48.8 cm³/mol. The van der Waals surface area contributed by atoms with Crippen LogP contribution in [-0.4, -0.2) is 25.8 Å². The van der Waals surface area contributed by atoms with E-state index in [4.69, 9.17) is 22.1 Å². The molecule has 3 heteroatoms. The van der Waals surface area contributed by atoms with Crippen LogP contribution in [0.3, 0.4) is 0 Å². The molecule has 2 nitrogen and oxygen atoms in total. The SMILES string of the molecule is CCCOCOCCCC[S]. The Morgan fingerprint density at radius 2 is 1.82 bits per heavy atom. The lowest BCUT2D eigenvalue weighted by molar-refractivity contribution is -0.0540. The van der Waals surface area contributed by atoms with Gasteiger partial charge in [0.05, 0.1) is 0 Å². The highest BCUT2D eigenvalue weighted by Gasteiger charge is 1.87. The van der Waals surface area contributed by atoms with E-state index in [2.05, 4.69) is 6.92 Å². The van der Waals surface area contributed by atoms with E-state index in [1.165, 1.54) is 0 Å². The summed E-state index contributed by atoms with van der Waals surface area (Å²) in [6, 6.07) is 0. The molecule has 0 aliphatic carbocycles. The summed E-state index contributed by atoms with van der Waals surface area (Å²) in [5.74, 6) is 0.833. The molecule has 0 fully saturated rings. The molecule has 0 unspecified atom stereocenters. The summed E-state index contributed by atoms with van der Waals surface area (Å²) >= 11 is 4.78. The molecule has 0 rings (SSSR count). The van der Waals surface area contributed by atoms with Gasteiger partial charge in [-0.1, -0.05) is 19.6 Å². The van der Waals surface area contributed by atoms with Gasteiger partial charge >= 0.3 is 0 Å². The molecular weight excluding hydrogens is 160 g/mol. The van der Waals surface area contributed by atoms with Crippen LogP contribution in [0.15, 0.2) is 0 Å². The fourth-order valence-electron chi connectivity index (χ4n) is 0.627. The van der Waals surface area contributed by atoms with Crippen molar-refractivity contribution in [1.82, 2.24) is 0 Å². The number of unbranched alkanes of at least 4 members (excludes halogenated alkanes) is 1. The van der Waals surface area contributed by atoms with Crippen molar-refractivity contribution < 1.29 is 9.47 Å². The van der Waals surface area contributed by atoms with E-state index in [0.717, 1.165) is 38.2 Å². The molecule has 0 aromatic heterocycles. The van der Waals surface area contributed by atoms with Crippen LogP contribution in [0.4, 0.5) is 0 Å². The second kappa shape index (κ2) is 10.3. The summed E-state index contributed by atoms with van der Waals surface area (Å²) in [6.07, 6.45) is 3.18. The minimum absolute atomic E-state index is 0.436. The van der Waals surface area contributed by atoms with E-state index in [0.29, 0.717) is 6.79 Å². The maximum atomic E-state index is 5.17. The van der Waals surface area contributed by atoms with Gasteiger partial charge in [0.25, 0.3) is 0 Å². The highest BCUT2D eigenvalue weighted by atomic mass is 32.1. The largest absolute Gasteiger partial charge is 0.355 e. The van der Waals surface area contributed by atoms with E-state index in [-0.39, 0.29) is 0 Å². The zero-order valence-electron chi connectivity index (χ0n) is 7.17. The Hall–Kier alpha value is 0.270. The van der Waals surface area contributed by atoms with E-state index in [9.17, 15) is 0 Å². The van der Waals surface area contributed by atoms with E-state index in [1.54, 1.807) is 0 Å². The van der Waals surface area contributed by atoms with Crippen molar-refractivity contribution in [3.05, 3.63) is 0 Å². The van der Waals surface area contributed by atoms with Gasteiger partial charge in [-0.3, -0.25) is 0 Å². The van der Waals surface area contributed by atoms with Crippen molar-refractivity contribution in [2.24, 2.45) is 0 Å². The molecule has 0 spiro atoms. The molecule has 1 radical (unpaired) electrons. The van der Waals surface area contributed by atoms with Gasteiger partial charge in [0, 0.05) is 19.0 Å². The molecule has 0 heterocycles. The molecule has 0 bridgehead atoms. The molecule has 0 saturated heterocycles. The second-order valence-electron chi connectivity index (χ2n) is 2.35. The van der Waals surface area contributed by atoms with Crippen LogP contribution in [0, 0.1) is 0 Å². The molecule has 0 amide bonds. The van der Waals surface area contributed by atoms with E-state index in [1.807, 2.05) is 0 Å². The lowest BCUT2D eigenvalue weighted by atomic mass is 10.4. The first-order chi connectivity index (χ1) is 5.41. The fraction of sp³-hybridized carbons (Fsp3) is 1.00. The van der Waals surface area contributed by atoms with Crippen LogP contribution < -0.4 is 0 Å². The zero-order chi connectivity index (χ0) is 8.36. The average molecular weight is 177 g/mol. The topological polar surface area (TPSA) is 18.5 Å². The van der Waals surface area contributed by atoms with Crippen molar-refractivity contribution in [3.8, 4) is 0 Å². The molecular formula is C8H17O2S. The lowest BCUT2D eigenvalue weighted by Gasteiger charge is -2.03. The van der Waals surface area contributed by atoms with Crippen molar-refractivity contribution in [1.29, 1.82) is 0 Å². The summed E-state index contributed by atoms with van der Waals surface area (Å²) < 4.78 is 10.3. The third-order valence-electron chi connectivity index (χ3n) is 1.20. The Labute approximate surface area is 74.7 Å². The second-order valence-corrected chi connectivity index (χ2v) is 2.75. The highest BCUT2D eigenvalue weighted by Crippen LogP contribution is 1.92. The Morgan fingerprint density at radius 3 is 2.45 bits per heavy atom. The van der Waals surface area contributed by atoms with Crippen molar-refractivity contribution >= 4 is 12.6 Å². The Bertz CT molecular complexity index is 61.1. The maximum absolute atomic E-state index is 5.17. The number of ether oxygens (including phenoxy) is 2. The maximum Gasteiger partial charge on any atom is 0.146 e. The van der Waals surface area contributed by atoms with Gasteiger partial charge < -0.3 is 9.47 Å². The fourth-order valence-corrected chi connectivity index (χ4v) is 0.831. The number of rotatable bonds is 8. The van der Waals surface area contributed by atoms with Gasteiger partial charge in [0.15, 0.2) is 0 Å². The van der Waals surface area contributed by atoms with Crippen LogP contribution in [-0.2, 0) is 9.47 Å². The molecule has 0 aliphatic rings. The molecule has 0 saturated carbocycles. The highest BCUT2D eigenvalue weighted by molar-refractivity contribution is 7.80. The van der Waals surface area contributed by atoms with E-state index >= 15 is 0 Å². The first kappa shape index (κ1) is 11.3. The van der Waals surface area contributed by atoms with Crippen LogP contribution in [0.1, 0.15) is 26.2 Å². The minimum atomic E-state index is 0.436. The summed E-state index contributed by atoms with van der Waals surface area (Å²) in [5.41, 5.74) is 0. The van der Waals surface area contributed by atoms with Crippen LogP contribution in [0.2, 0.25) is 0 Å². The van der Waals surface area contributed by atoms with Crippen molar-refractivity contribution in [3.63, 3.8) is 0 Å². The minimum Gasteiger partial charge on any atom is -0.355 e. The van der Waals surface area contributed by atoms with Crippen LogP contribution in [0.25, 0.3) is 0 Å². The first-order valence-electron chi connectivity index (χ1n) is 4.15. The van der Waals surface area contributed by atoms with Gasteiger partial charge in [0.1, 0.15) is 6.79 Å². The Kier molecular flexibility index (Phi) is 10.5. The van der Waals surface area contributed by atoms with Crippen molar-refractivity contribution in [2.75, 3.05) is 25.8 Å². The first-order valence-corrected chi connectivity index (χ1v) is 4.73. The smallest absolute Gasteiger partial charge is 0.146 e. The third-order valence-corrected chi connectivity index (χ3v) is 1.49. The monoisotopic (exact) mass is 177 g/mol. The van der Waals surface area contributed by atoms with Gasteiger partial charge in [0.2, 0.25) is 0 Å². The Morgan fingerprint density at radius 1 is 1.09 bits per heavy atom. The van der Waals surface area contributed by atoms with Crippen molar-refractivity contribution in [2.45, 2.75) is 26.2 Å². The van der Waals surface area contributed by atoms with Gasteiger partial charge in [-0.25, -0.2) is 0 Å². The summed E-state index contributed by atoms with van der Waals surface area (Å²) in [4.78, 5) is 0. The van der Waals surface area contributed by atoms with Crippen LogP contribution >= 0.6 is 12.6 Å². The average Bonchev–Trinajstić information content (AvgIpc) is 2.03. The van der Waals surface area contributed by atoms with Gasteiger partial charge in [-0.15, -0.1) is 0 Å². The Balaban J connectivity index is 2.69. The van der Waals surface area contributed by atoms with Gasteiger partial charge in [-0.05, 0) is 19.3 Å². The quantitative estimate of drug-likeness (QED) is 0.418. The number of hydrogen-bond donors (Lipinski definition) is 0. The lowest BCUT2D eigenvalue weighted by Crippen LogP contribution is -2.02. The summed E-state index contributed by atoms with van der Waals surface area (Å²) in [7, 11) is 0. The standard InChI is InChI=1S/C8H17O2S/c1-2-5-9-8-10-6-3-4-7-11/h2-8H2,1H3. The molecule has 0 aliphatic heterocycles. The molecule has 67 valence electrons. The molecule has 0 aromatic carbocycles. The summed E-state index contributed by atoms with van der Waals surface area (Å²) in [5, 5.41) is 0. The molecule has 0 N–H and O–H groups in total. The third kappa shape index (κ3) is 10.3. The molecule has 0 atom stereocenters. The molecule has 0 aromatic rings. The molecule has 11 heavy (non-hydrogen) atoms. The van der Waals surface area contributed by atoms with Crippen LogP contribution in [0.5, 0.6) is 0 Å². The predicted octanol–water partition coefficient (Wildman–Crippen LogP) is 2.36. The van der Waals surface area contributed by atoms with Gasteiger partial charge in [-0.2, -0.15) is 0 Å². The normalized spacial score (nSPS) is 10.4. The summed E-state index contributed by atoms with van der Waals surface area (Å²) in [6.45, 7) is 4.09. The number of hydrogen-bond acceptors (Lipinski definition) is 2. The van der Waals surface area contributed by atoms with E-state index < -0.39 is 0 Å². The zero-order valence-corrected chi connectivity index (χ0v) is 7.99.